The largest absolute Gasteiger partial charge is 0.477 e. The molecule has 0 aliphatic rings. The maximum absolute atomic E-state index is 12.8. The molecule has 0 spiro atoms. The number of aryl methyl sites for hydroxylation is 3. The summed E-state index contributed by atoms with van der Waals surface area (Å²) in [7, 11) is 0. The van der Waals surface area contributed by atoms with E-state index in [1.54, 1.807) is 17.8 Å². The number of carboxylic acids is 1. The first kappa shape index (κ1) is 22.4. The van der Waals surface area contributed by atoms with Gasteiger partial charge in [0.2, 0.25) is 0 Å². The normalized spacial score (nSPS) is 11.6. The number of benzene rings is 2. The van der Waals surface area contributed by atoms with Gasteiger partial charge in [0.05, 0.1) is 5.56 Å². The standard InChI is InChI=1S/C23H21F3O2S2/c1-14-12-19(29-11-3-4-18-9-10-20(30-18)22(27)28)13-15(2)21(14)16-5-7-17(8-6-16)23(24,25)26/h5-10,12-13H,3-4,11H2,1-2H3,(H,27,28). The lowest BCUT2D eigenvalue weighted by Gasteiger charge is -2.14. The molecule has 2 nitrogen and oxygen atoms in total. The minimum absolute atomic E-state index is 0.364. The van der Waals surface area contributed by atoms with E-state index >= 15 is 0 Å². The monoisotopic (exact) mass is 450 g/mol. The molecule has 1 aromatic heterocycles. The Balaban J connectivity index is 1.63. The van der Waals surface area contributed by atoms with Crippen molar-refractivity contribution in [1.82, 2.24) is 0 Å². The number of alkyl halides is 3. The Hall–Kier alpha value is -2.25. The third-order valence-corrected chi connectivity index (χ3v) is 6.91. The van der Waals surface area contributed by atoms with E-state index in [9.17, 15) is 18.0 Å². The number of rotatable bonds is 7. The zero-order valence-corrected chi connectivity index (χ0v) is 18.2. The Bertz CT molecular complexity index is 1010. The molecule has 0 atom stereocenters. The third kappa shape index (κ3) is 5.46. The predicted octanol–water partition coefficient (Wildman–Crippen LogP) is 7.47. The number of carbonyl (C=O) groups is 1. The van der Waals surface area contributed by atoms with Crippen LogP contribution >= 0.6 is 23.1 Å². The Morgan fingerprint density at radius 1 is 1.03 bits per heavy atom. The van der Waals surface area contributed by atoms with E-state index < -0.39 is 17.7 Å². The summed E-state index contributed by atoms with van der Waals surface area (Å²) < 4.78 is 38.4. The second-order valence-corrected chi connectivity index (χ2v) is 9.37. The molecular formula is C23H21F3O2S2. The van der Waals surface area contributed by atoms with Crippen molar-refractivity contribution < 1.29 is 23.1 Å². The summed E-state index contributed by atoms with van der Waals surface area (Å²) >= 11 is 3.05. The summed E-state index contributed by atoms with van der Waals surface area (Å²) in [6.07, 6.45) is -2.56. The summed E-state index contributed by atoms with van der Waals surface area (Å²) in [5.41, 5.74) is 3.16. The molecule has 0 aliphatic carbocycles. The van der Waals surface area contributed by atoms with Gasteiger partial charge in [-0.15, -0.1) is 23.1 Å². The Morgan fingerprint density at radius 2 is 1.67 bits per heavy atom. The highest BCUT2D eigenvalue weighted by Crippen LogP contribution is 2.35. The van der Waals surface area contributed by atoms with Crippen LogP contribution in [0.25, 0.3) is 11.1 Å². The Morgan fingerprint density at radius 3 is 2.20 bits per heavy atom. The lowest BCUT2D eigenvalue weighted by molar-refractivity contribution is -0.137. The predicted molar refractivity (Wildman–Crippen MR) is 117 cm³/mol. The minimum Gasteiger partial charge on any atom is -0.477 e. The van der Waals surface area contributed by atoms with E-state index in [2.05, 4.69) is 12.1 Å². The van der Waals surface area contributed by atoms with Crippen LogP contribution in [0.2, 0.25) is 0 Å². The molecule has 0 radical (unpaired) electrons. The van der Waals surface area contributed by atoms with Crippen molar-refractivity contribution in [2.45, 2.75) is 37.8 Å². The molecule has 0 saturated carbocycles. The van der Waals surface area contributed by atoms with Crippen molar-refractivity contribution in [3.8, 4) is 11.1 Å². The van der Waals surface area contributed by atoms with Crippen LogP contribution in [0.15, 0.2) is 53.4 Å². The average molecular weight is 451 g/mol. The fourth-order valence-electron chi connectivity index (χ4n) is 3.35. The first-order valence-corrected chi connectivity index (χ1v) is 11.2. The number of aromatic carboxylic acids is 1. The van der Waals surface area contributed by atoms with Gasteiger partial charge in [-0.3, -0.25) is 0 Å². The Kier molecular flexibility index (Phi) is 6.93. The van der Waals surface area contributed by atoms with E-state index in [1.165, 1.54) is 23.5 Å². The van der Waals surface area contributed by atoms with Gasteiger partial charge < -0.3 is 5.11 Å². The highest BCUT2D eigenvalue weighted by atomic mass is 32.2. The van der Waals surface area contributed by atoms with Crippen molar-refractivity contribution >= 4 is 29.1 Å². The lowest BCUT2D eigenvalue weighted by Crippen LogP contribution is -2.04. The van der Waals surface area contributed by atoms with Crippen molar-refractivity contribution in [3.05, 3.63) is 75.0 Å². The molecule has 158 valence electrons. The van der Waals surface area contributed by atoms with Gasteiger partial charge in [-0.05, 0) is 91.1 Å². The van der Waals surface area contributed by atoms with Crippen LogP contribution in [0.1, 0.15) is 37.7 Å². The molecule has 0 saturated heterocycles. The molecule has 0 bridgehead atoms. The van der Waals surface area contributed by atoms with Gasteiger partial charge in [0.1, 0.15) is 4.88 Å². The van der Waals surface area contributed by atoms with Crippen LogP contribution in [-0.2, 0) is 12.6 Å². The molecule has 1 heterocycles. The van der Waals surface area contributed by atoms with Crippen LogP contribution in [0, 0.1) is 13.8 Å². The van der Waals surface area contributed by atoms with Gasteiger partial charge in [0, 0.05) is 9.77 Å². The quantitative estimate of drug-likeness (QED) is 0.300. The zero-order chi connectivity index (χ0) is 21.9. The molecule has 2 aromatic carbocycles. The van der Waals surface area contributed by atoms with E-state index in [4.69, 9.17) is 5.11 Å². The number of hydrogen-bond donors (Lipinski definition) is 1. The molecule has 7 heteroatoms. The number of thiophene rings is 1. The molecule has 3 rings (SSSR count). The van der Waals surface area contributed by atoms with Crippen molar-refractivity contribution in [2.75, 3.05) is 5.75 Å². The lowest BCUT2D eigenvalue weighted by atomic mass is 9.95. The molecular weight excluding hydrogens is 429 g/mol. The average Bonchev–Trinajstić information content (AvgIpc) is 3.14. The Labute approximate surface area is 181 Å². The summed E-state index contributed by atoms with van der Waals surface area (Å²) in [5, 5.41) is 8.98. The van der Waals surface area contributed by atoms with Crippen LogP contribution < -0.4 is 0 Å². The van der Waals surface area contributed by atoms with E-state index in [0.29, 0.717) is 4.88 Å². The number of hydrogen-bond acceptors (Lipinski definition) is 3. The summed E-state index contributed by atoms with van der Waals surface area (Å²) in [4.78, 5) is 13.5. The first-order valence-electron chi connectivity index (χ1n) is 9.39. The van der Waals surface area contributed by atoms with Crippen LogP contribution in [0.5, 0.6) is 0 Å². The number of carboxylic acid groups (broad SMARTS) is 1. The van der Waals surface area contributed by atoms with Crippen molar-refractivity contribution in [2.24, 2.45) is 0 Å². The van der Waals surface area contributed by atoms with Gasteiger partial charge in [0.25, 0.3) is 0 Å². The van der Waals surface area contributed by atoms with E-state index in [-0.39, 0.29) is 0 Å². The molecule has 30 heavy (non-hydrogen) atoms. The molecule has 0 amide bonds. The molecule has 0 fully saturated rings. The van der Waals surface area contributed by atoms with Gasteiger partial charge in [-0.1, -0.05) is 12.1 Å². The fraction of sp³-hybridized carbons (Fsp3) is 0.261. The van der Waals surface area contributed by atoms with E-state index in [1.807, 2.05) is 19.9 Å². The van der Waals surface area contributed by atoms with Gasteiger partial charge >= 0.3 is 12.1 Å². The van der Waals surface area contributed by atoms with Crippen molar-refractivity contribution in [1.29, 1.82) is 0 Å². The maximum Gasteiger partial charge on any atom is 0.416 e. The number of halogens is 3. The number of thioether (sulfide) groups is 1. The van der Waals surface area contributed by atoms with E-state index in [0.717, 1.165) is 62.8 Å². The first-order chi connectivity index (χ1) is 14.1. The van der Waals surface area contributed by atoms with Crippen molar-refractivity contribution in [3.63, 3.8) is 0 Å². The minimum atomic E-state index is -4.33. The van der Waals surface area contributed by atoms with Crippen LogP contribution in [-0.4, -0.2) is 16.8 Å². The fourth-order valence-corrected chi connectivity index (χ4v) is 5.28. The highest BCUT2D eigenvalue weighted by molar-refractivity contribution is 7.99. The highest BCUT2D eigenvalue weighted by Gasteiger charge is 2.30. The summed E-state index contributed by atoms with van der Waals surface area (Å²) in [5.74, 6) is 0.0124. The second-order valence-electron chi connectivity index (χ2n) is 7.03. The third-order valence-electron chi connectivity index (χ3n) is 4.72. The second kappa shape index (κ2) is 9.27. The van der Waals surface area contributed by atoms with Gasteiger partial charge in [-0.2, -0.15) is 13.2 Å². The van der Waals surface area contributed by atoms with Crippen LogP contribution in [0.3, 0.4) is 0 Å². The summed E-state index contributed by atoms with van der Waals surface area (Å²) in [6.45, 7) is 3.95. The topological polar surface area (TPSA) is 37.3 Å². The smallest absolute Gasteiger partial charge is 0.416 e. The zero-order valence-electron chi connectivity index (χ0n) is 16.5. The molecule has 0 aliphatic heterocycles. The molecule has 1 N–H and O–H groups in total. The SMILES string of the molecule is Cc1cc(SCCCc2ccc(C(=O)O)s2)cc(C)c1-c1ccc(C(F)(F)F)cc1. The van der Waals surface area contributed by atoms with Crippen LogP contribution in [0.4, 0.5) is 13.2 Å². The summed E-state index contributed by atoms with van der Waals surface area (Å²) in [6, 6.07) is 12.9. The van der Waals surface area contributed by atoms with Gasteiger partial charge in [0.15, 0.2) is 0 Å². The molecule has 3 aromatic rings. The van der Waals surface area contributed by atoms with Gasteiger partial charge in [-0.25, -0.2) is 4.79 Å². The maximum atomic E-state index is 12.8. The molecule has 0 unspecified atom stereocenters.